The van der Waals surface area contributed by atoms with Crippen molar-refractivity contribution in [1.29, 1.82) is 10.5 Å². The third-order valence-corrected chi connectivity index (χ3v) is 3.39. The molecule has 2 N–H and O–H groups in total. The van der Waals surface area contributed by atoms with Crippen LogP contribution in [0.15, 0.2) is 28.2 Å². The molecule has 0 spiro atoms. The highest BCUT2D eigenvalue weighted by atomic mass is 32.2. The van der Waals surface area contributed by atoms with Crippen molar-refractivity contribution in [3.05, 3.63) is 39.8 Å². The van der Waals surface area contributed by atoms with E-state index in [1.807, 2.05) is 12.1 Å². The van der Waals surface area contributed by atoms with Crippen LogP contribution in [-0.2, 0) is 4.79 Å². The van der Waals surface area contributed by atoms with Crippen LogP contribution in [0.2, 0.25) is 0 Å². The number of nitrogens with one attached hydrogen (secondary N) is 1. The molecule has 8 nitrogen and oxygen atoms in total. The summed E-state index contributed by atoms with van der Waals surface area (Å²) in [7, 11) is 0. The first-order chi connectivity index (χ1) is 10.1. The fourth-order valence-corrected chi connectivity index (χ4v) is 2.27. The summed E-state index contributed by atoms with van der Waals surface area (Å²) in [6, 6.07) is 8.02. The van der Waals surface area contributed by atoms with Gasteiger partial charge in [0.1, 0.15) is 12.1 Å². The van der Waals surface area contributed by atoms with E-state index in [1.54, 1.807) is 0 Å². The van der Waals surface area contributed by atoms with Gasteiger partial charge in [0, 0.05) is 0 Å². The van der Waals surface area contributed by atoms with Gasteiger partial charge in [-0.15, -0.1) is 5.10 Å². The zero-order chi connectivity index (χ0) is 15.4. The Bertz CT molecular complexity index is 840. The van der Waals surface area contributed by atoms with E-state index < -0.39 is 11.7 Å². The molecule has 0 fully saturated rings. The van der Waals surface area contributed by atoms with Crippen molar-refractivity contribution in [2.45, 2.75) is 5.16 Å². The van der Waals surface area contributed by atoms with E-state index in [2.05, 4.69) is 10.2 Å². The number of hydrogen-bond donors (Lipinski definition) is 2. The third-order valence-electron chi connectivity index (χ3n) is 2.47. The van der Waals surface area contributed by atoms with E-state index in [0.29, 0.717) is 5.69 Å². The number of carbonyl (C=O) groups is 1. The number of hydrogen-bond acceptors (Lipinski definition) is 6. The van der Waals surface area contributed by atoms with Crippen LogP contribution in [0.4, 0.5) is 0 Å². The SMILES string of the molecule is N#Cc1ccc(-n2c(SCC(=O)O)n[nH]c2=O)cc1C#N. The number of nitrogens with zero attached hydrogens (tertiary/aromatic N) is 4. The molecule has 9 heteroatoms. The average molecular weight is 301 g/mol. The lowest BCUT2D eigenvalue weighted by atomic mass is 10.1. The third kappa shape index (κ3) is 2.94. The highest BCUT2D eigenvalue weighted by molar-refractivity contribution is 7.99. The molecule has 1 aromatic heterocycles. The monoisotopic (exact) mass is 301 g/mol. The Labute approximate surface area is 122 Å². The number of benzene rings is 1. The van der Waals surface area contributed by atoms with Crippen LogP contribution in [0.3, 0.4) is 0 Å². The fraction of sp³-hybridized carbons (Fsp3) is 0.0833. The van der Waals surface area contributed by atoms with Crippen LogP contribution in [0, 0.1) is 22.7 Å². The topological polar surface area (TPSA) is 136 Å². The maximum absolute atomic E-state index is 11.8. The summed E-state index contributed by atoms with van der Waals surface area (Å²) in [5, 5.41) is 32.7. The predicted molar refractivity (Wildman–Crippen MR) is 72.0 cm³/mol. The molecular weight excluding hydrogens is 294 g/mol. The van der Waals surface area contributed by atoms with E-state index >= 15 is 0 Å². The van der Waals surface area contributed by atoms with Crippen LogP contribution in [0.1, 0.15) is 11.1 Å². The summed E-state index contributed by atoms with van der Waals surface area (Å²) in [6.45, 7) is 0. The van der Waals surface area contributed by atoms with Gasteiger partial charge in [0.05, 0.1) is 22.6 Å². The molecule has 2 aromatic rings. The maximum Gasteiger partial charge on any atom is 0.348 e. The van der Waals surface area contributed by atoms with Crippen molar-refractivity contribution in [3.63, 3.8) is 0 Å². The highest BCUT2D eigenvalue weighted by Gasteiger charge is 2.14. The molecule has 104 valence electrons. The molecule has 21 heavy (non-hydrogen) atoms. The Kier molecular flexibility index (Phi) is 4.07. The summed E-state index contributed by atoms with van der Waals surface area (Å²) >= 11 is 0.867. The van der Waals surface area contributed by atoms with Crippen molar-refractivity contribution in [2.24, 2.45) is 0 Å². The Morgan fingerprint density at radius 1 is 1.38 bits per heavy atom. The normalized spacial score (nSPS) is 9.81. The van der Waals surface area contributed by atoms with Crippen LogP contribution < -0.4 is 5.69 Å². The molecule has 0 saturated carbocycles. The number of thioether (sulfide) groups is 1. The zero-order valence-electron chi connectivity index (χ0n) is 10.4. The van der Waals surface area contributed by atoms with Gasteiger partial charge < -0.3 is 5.11 Å². The molecule has 0 aliphatic heterocycles. The van der Waals surface area contributed by atoms with Crippen LogP contribution in [0.5, 0.6) is 0 Å². The molecule has 0 bridgehead atoms. The molecule has 1 aromatic carbocycles. The second-order valence-corrected chi connectivity index (χ2v) is 4.73. The molecule has 1 heterocycles. The minimum Gasteiger partial charge on any atom is -0.481 e. The number of carboxylic acids is 1. The quantitative estimate of drug-likeness (QED) is 0.784. The molecule has 2 rings (SSSR count). The van der Waals surface area contributed by atoms with Gasteiger partial charge in [-0.25, -0.2) is 14.5 Å². The number of carboxylic acid groups (broad SMARTS) is 1. The summed E-state index contributed by atoms with van der Waals surface area (Å²) in [5.74, 6) is -1.30. The standard InChI is InChI=1S/C12H7N5O3S/c13-4-7-1-2-9(3-8(7)5-14)17-11(20)15-16-12(17)21-6-10(18)19/h1-3H,6H2,(H,15,20)(H,18,19). The van der Waals surface area contributed by atoms with Crippen LogP contribution >= 0.6 is 11.8 Å². The predicted octanol–water partition coefficient (Wildman–Crippen LogP) is 0.481. The first-order valence-electron chi connectivity index (χ1n) is 5.53. The summed E-state index contributed by atoms with van der Waals surface area (Å²) in [5.41, 5.74) is 0.0866. The smallest absolute Gasteiger partial charge is 0.348 e. The summed E-state index contributed by atoms with van der Waals surface area (Å²) in [4.78, 5) is 22.4. The first kappa shape index (κ1) is 14.4. The Hall–Kier alpha value is -3.04. The lowest BCUT2D eigenvalue weighted by Gasteiger charge is -2.05. The molecule has 0 aliphatic carbocycles. The molecule has 0 atom stereocenters. The molecule has 0 unspecified atom stereocenters. The first-order valence-corrected chi connectivity index (χ1v) is 6.52. The molecule has 0 radical (unpaired) electrons. The van der Waals surface area contributed by atoms with Crippen LogP contribution in [0.25, 0.3) is 5.69 Å². The molecule has 0 amide bonds. The van der Waals surface area contributed by atoms with Gasteiger partial charge in [0.25, 0.3) is 0 Å². The van der Waals surface area contributed by atoms with E-state index in [1.165, 1.54) is 18.2 Å². The largest absolute Gasteiger partial charge is 0.481 e. The van der Waals surface area contributed by atoms with E-state index in [9.17, 15) is 9.59 Å². The van der Waals surface area contributed by atoms with E-state index in [-0.39, 0.29) is 22.0 Å². The second kappa shape index (κ2) is 5.94. The number of aromatic amines is 1. The number of rotatable bonds is 4. The highest BCUT2D eigenvalue weighted by Crippen LogP contribution is 2.19. The Morgan fingerprint density at radius 2 is 2.10 bits per heavy atom. The van der Waals surface area contributed by atoms with Gasteiger partial charge in [0.15, 0.2) is 5.16 Å². The average Bonchev–Trinajstić information content (AvgIpc) is 2.85. The molecular formula is C12H7N5O3S. The summed E-state index contributed by atoms with van der Waals surface area (Å²) < 4.78 is 1.15. The fourth-order valence-electron chi connectivity index (χ4n) is 1.59. The minimum atomic E-state index is -1.04. The van der Waals surface area contributed by atoms with Gasteiger partial charge in [-0.3, -0.25) is 4.79 Å². The zero-order valence-corrected chi connectivity index (χ0v) is 11.2. The van der Waals surface area contributed by atoms with Crippen LogP contribution in [-0.4, -0.2) is 31.6 Å². The van der Waals surface area contributed by atoms with Crippen molar-refractivity contribution in [1.82, 2.24) is 14.8 Å². The van der Waals surface area contributed by atoms with E-state index in [4.69, 9.17) is 15.6 Å². The van der Waals surface area contributed by atoms with Crippen molar-refractivity contribution in [2.75, 3.05) is 5.75 Å². The number of aliphatic carboxylic acids is 1. The Balaban J connectivity index is 2.50. The van der Waals surface area contributed by atoms with Gasteiger partial charge >= 0.3 is 11.7 Å². The number of nitriles is 2. The second-order valence-electron chi connectivity index (χ2n) is 3.78. The van der Waals surface area contributed by atoms with Crippen molar-refractivity contribution in [3.8, 4) is 17.8 Å². The minimum absolute atomic E-state index is 0.122. The number of H-pyrrole nitrogens is 1. The lowest BCUT2D eigenvalue weighted by molar-refractivity contribution is -0.133. The number of aromatic nitrogens is 3. The van der Waals surface area contributed by atoms with Gasteiger partial charge in [-0.2, -0.15) is 10.5 Å². The maximum atomic E-state index is 11.8. The van der Waals surface area contributed by atoms with Gasteiger partial charge in [0.2, 0.25) is 0 Å². The van der Waals surface area contributed by atoms with Gasteiger partial charge in [-0.05, 0) is 18.2 Å². The summed E-state index contributed by atoms with van der Waals surface area (Å²) in [6.07, 6.45) is 0. The molecule has 0 aliphatic rings. The lowest BCUT2D eigenvalue weighted by Crippen LogP contribution is -2.16. The Morgan fingerprint density at radius 3 is 2.71 bits per heavy atom. The van der Waals surface area contributed by atoms with Gasteiger partial charge in [-0.1, -0.05) is 11.8 Å². The van der Waals surface area contributed by atoms with E-state index in [0.717, 1.165) is 16.3 Å². The molecule has 0 saturated heterocycles. The van der Waals surface area contributed by atoms with Crippen molar-refractivity contribution < 1.29 is 9.90 Å². The van der Waals surface area contributed by atoms with Crippen molar-refractivity contribution >= 4 is 17.7 Å².